The summed E-state index contributed by atoms with van der Waals surface area (Å²) in [5, 5.41) is 0. The van der Waals surface area contributed by atoms with Crippen molar-refractivity contribution in [2.24, 2.45) is 0 Å². The molecule has 0 aliphatic carbocycles. The second-order valence-electron chi connectivity index (χ2n) is 0. The van der Waals surface area contributed by atoms with Gasteiger partial charge in [0.25, 0.3) is 0 Å². The minimum Gasteiger partial charge on any atom is -0.344 e. The van der Waals surface area contributed by atoms with Gasteiger partial charge in [-0.3, -0.25) is 0 Å². The van der Waals surface area contributed by atoms with Gasteiger partial charge in [-0.15, -0.1) is 24.8 Å². The molecule has 1 radical (unpaired) electrons. The third-order valence-electron chi connectivity index (χ3n) is 0. The fourth-order valence-corrected chi connectivity index (χ4v) is 0. The second-order valence-corrected chi connectivity index (χ2v) is 0. The van der Waals surface area contributed by atoms with Gasteiger partial charge in [-0.2, -0.15) is 0 Å². The zero-order valence-electron chi connectivity index (χ0n) is 3.95. The normalized spacial score (nSPS) is 0. The van der Waals surface area contributed by atoms with Gasteiger partial charge < -0.3 is 24.6 Å². The topological polar surface area (TPSA) is 140 Å². The SMILES string of the molecule is Cl.Cl.N.N.N.N.[Cu]. The Labute approximate surface area is 66.8 Å². The van der Waals surface area contributed by atoms with Crippen molar-refractivity contribution < 1.29 is 17.1 Å². The molecule has 0 aromatic rings. The Morgan fingerprint density at radius 3 is 0.429 bits per heavy atom. The zero-order chi connectivity index (χ0) is 0. The van der Waals surface area contributed by atoms with E-state index in [4.69, 9.17) is 0 Å². The molecule has 0 spiro atoms. The average Bonchev–Trinajstić information content (AvgIpc) is 0. The second kappa shape index (κ2) is 277. The molecule has 0 unspecified atom stereocenters. The van der Waals surface area contributed by atoms with E-state index in [0.29, 0.717) is 0 Å². The Balaban J connectivity index is 0. The summed E-state index contributed by atoms with van der Waals surface area (Å²) >= 11 is 0. The van der Waals surface area contributed by atoms with Crippen LogP contribution in [0.5, 0.6) is 0 Å². The van der Waals surface area contributed by atoms with Crippen molar-refractivity contribution in [3.63, 3.8) is 0 Å². The Hall–Kier alpha value is 0.939. The van der Waals surface area contributed by atoms with E-state index in [2.05, 4.69) is 0 Å². The van der Waals surface area contributed by atoms with E-state index < -0.39 is 0 Å². The van der Waals surface area contributed by atoms with Crippen LogP contribution in [0.25, 0.3) is 0 Å². The third-order valence-corrected chi connectivity index (χ3v) is 0. The molecule has 0 bridgehead atoms. The van der Waals surface area contributed by atoms with Crippen LogP contribution in [0.2, 0.25) is 0 Å². The van der Waals surface area contributed by atoms with Crippen LogP contribution in [0.15, 0.2) is 0 Å². The molecule has 0 rings (SSSR count). The largest absolute Gasteiger partial charge is 0.344 e. The molecule has 4 nitrogen and oxygen atoms in total. The summed E-state index contributed by atoms with van der Waals surface area (Å²) in [6.45, 7) is 0. The van der Waals surface area contributed by atoms with E-state index in [1.165, 1.54) is 0 Å². The van der Waals surface area contributed by atoms with Gasteiger partial charge in [0.05, 0.1) is 0 Å². The quantitative estimate of drug-likeness (QED) is 0.444. The minimum atomic E-state index is 0. The minimum absolute atomic E-state index is 0. The maximum Gasteiger partial charge on any atom is 0 e. The fourth-order valence-electron chi connectivity index (χ4n) is 0. The third kappa shape index (κ3) is 192. The fraction of sp³-hybridized carbons (Fsp3) is 0. The molecular weight excluding hydrogens is 190 g/mol. The summed E-state index contributed by atoms with van der Waals surface area (Å²) < 4.78 is 0. The Morgan fingerprint density at radius 1 is 0.429 bits per heavy atom. The van der Waals surface area contributed by atoms with Gasteiger partial charge in [0.1, 0.15) is 0 Å². The molecule has 59 valence electrons. The number of halogens is 2. The van der Waals surface area contributed by atoms with Crippen LogP contribution in [0, 0.1) is 0 Å². The standard InChI is InChI=1S/2ClH.Cu.4H3N/h2*1H;;4*1H3. The Bertz CT molecular complexity index is 9.65. The molecule has 0 aromatic carbocycles. The van der Waals surface area contributed by atoms with Crippen molar-refractivity contribution in [3.05, 3.63) is 0 Å². The predicted molar refractivity (Wildman–Crippen MR) is 34.6 cm³/mol. The number of hydrogen-bond acceptors (Lipinski definition) is 4. The Morgan fingerprint density at radius 2 is 0.429 bits per heavy atom. The molecule has 0 amide bonds. The van der Waals surface area contributed by atoms with Gasteiger partial charge in [-0.05, 0) is 0 Å². The number of rotatable bonds is 0. The van der Waals surface area contributed by atoms with Crippen LogP contribution < -0.4 is 24.6 Å². The van der Waals surface area contributed by atoms with E-state index in [0.717, 1.165) is 0 Å². The van der Waals surface area contributed by atoms with Crippen LogP contribution in [0.3, 0.4) is 0 Å². The smallest absolute Gasteiger partial charge is 0 e. The van der Waals surface area contributed by atoms with Gasteiger partial charge in [-0.1, -0.05) is 0 Å². The van der Waals surface area contributed by atoms with Crippen molar-refractivity contribution in [3.8, 4) is 0 Å². The first-order valence-electron chi connectivity index (χ1n) is 0. The summed E-state index contributed by atoms with van der Waals surface area (Å²) in [6.07, 6.45) is 0. The van der Waals surface area contributed by atoms with E-state index in [9.17, 15) is 0 Å². The summed E-state index contributed by atoms with van der Waals surface area (Å²) in [7, 11) is 0. The monoisotopic (exact) mass is 203 g/mol. The molecule has 0 saturated carbocycles. The van der Waals surface area contributed by atoms with Crippen LogP contribution >= 0.6 is 24.8 Å². The molecule has 0 heterocycles. The van der Waals surface area contributed by atoms with E-state index in [1.807, 2.05) is 0 Å². The van der Waals surface area contributed by atoms with Gasteiger partial charge in [0.2, 0.25) is 0 Å². The summed E-state index contributed by atoms with van der Waals surface area (Å²) in [5.41, 5.74) is 0. The van der Waals surface area contributed by atoms with E-state index >= 15 is 0 Å². The van der Waals surface area contributed by atoms with Gasteiger partial charge in [0.15, 0.2) is 0 Å². The molecule has 0 atom stereocenters. The molecule has 7 heteroatoms. The zero-order valence-corrected chi connectivity index (χ0v) is 6.52. The molecule has 0 fully saturated rings. The molecule has 7 heavy (non-hydrogen) atoms. The summed E-state index contributed by atoms with van der Waals surface area (Å²) in [4.78, 5) is 0. The molecule has 0 aliphatic rings. The maximum absolute atomic E-state index is 0. The molecule has 0 saturated heterocycles. The van der Waals surface area contributed by atoms with E-state index in [-0.39, 0.29) is 66.5 Å². The number of hydrogen-bond donors (Lipinski definition) is 4. The first-order valence-corrected chi connectivity index (χ1v) is 0. The van der Waals surface area contributed by atoms with Crippen LogP contribution in [-0.2, 0) is 17.1 Å². The summed E-state index contributed by atoms with van der Waals surface area (Å²) in [6, 6.07) is 0. The van der Waals surface area contributed by atoms with Gasteiger partial charge in [0, 0.05) is 17.1 Å². The Kier molecular flexibility index (Phi) is 17200. The van der Waals surface area contributed by atoms with Crippen molar-refractivity contribution in [2.75, 3.05) is 0 Å². The van der Waals surface area contributed by atoms with Crippen molar-refractivity contribution in [2.45, 2.75) is 0 Å². The molecule has 0 aliphatic heterocycles. The molecule has 12 N–H and O–H groups in total. The van der Waals surface area contributed by atoms with Crippen LogP contribution in [-0.4, -0.2) is 0 Å². The van der Waals surface area contributed by atoms with Crippen LogP contribution in [0.4, 0.5) is 0 Å². The first kappa shape index (κ1) is 433. The molecular formula is H14Cl2CuN4. The predicted octanol–water partition coefficient (Wildman–Crippen LogP) is 1.49. The van der Waals surface area contributed by atoms with Crippen molar-refractivity contribution in [1.82, 2.24) is 24.6 Å². The van der Waals surface area contributed by atoms with E-state index in [1.54, 1.807) is 0 Å². The van der Waals surface area contributed by atoms with Crippen molar-refractivity contribution in [1.29, 1.82) is 0 Å². The summed E-state index contributed by atoms with van der Waals surface area (Å²) in [5.74, 6) is 0. The first-order chi connectivity index (χ1) is 0. The molecule has 0 aromatic heterocycles. The van der Waals surface area contributed by atoms with Gasteiger partial charge >= 0.3 is 0 Å². The maximum atomic E-state index is 0. The van der Waals surface area contributed by atoms with Gasteiger partial charge in [-0.25, -0.2) is 0 Å². The van der Waals surface area contributed by atoms with Crippen molar-refractivity contribution >= 4 is 24.8 Å². The average molecular weight is 205 g/mol. The van der Waals surface area contributed by atoms with Crippen LogP contribution in [0.1, 0.15) is 0 Å².